The first kappa shape index (κ1) is 17.8. The molecule has 4 rings (SSSR count). The van der Waals surface area contributed by atoms with Gasteiger partial charge in [0.25, 0.3) is 10.0 Å². The van der Waals surface area contributed by atoms with E-state index in [-0.39, 0.29) is 10.9 Å². The number of amidine groups is 1. The molecule has 0 fully saturated rings. The normalized spacial score (nSPS) is 22.4. The molecule has 1 heterocycles. The third-order valence-electron chi connectivity index (χ3n) is 5.17. The predicted octanol–water partition coefficient (Wildman–Crippen LogP) is 3.84. The molecule has 0 spiro atoms. The Balaban J connectivity index is 1.75. The fraction of sp³-hybridized carbons (Fsp3) is 0.286. The fourth-order valence-corrected chi connectivity index (χ4v) is 5.33. The molecule has 2 aromatic rings. The van der Waals surface area contributed by atoms with Gasteiger partial charge >= 0.3 is 0 Å². The van der Waals surface area contributed by atoms with Crippen molar-refractivity contribution in [1.82, 2.24) is 4.72 Å². The third kappa shape index (κ3) is 3.25. The number of hydrogen-bond acceptors (Lipinski definition) is 4. The zero-order valence-electron chi connectivity index (χ0n) is 15.4. The Kier molecular flexibility index (Phi) is 4.52. The van der Waals surface area contributed by atoms with Crippen LogP contribution >= 0.6 is 0 Å². The first-order valence-corrected chi connectivity index (χ1v) is 10.5. The molecule has 2 aliphatic rings. The Morgan fingerprint density at radius 1 is 1.11 bits per heavy atom. The number of ether oxygens (including phenoxy) is 1. The first-order valence-electron chi connectivity index (χ1n) is 9.03. The largest absolute Gasteiger partial charge is 0.497 e. The van der Waals surface area contributed by atoms with E-state index in [0.717, 1.165) is 19.3 Å². The number of hydrogen-bond donors (Lipinski definition) is 1. The molecular weight excluding hydrogens is 360 g/mol. The van der Waals surface area contributed by atoms with E-state index in [9.17, 15) is 8.42 Å². The van der Waals surface area contributed by atoms with Gasteiger partial charge < -0.3 is 4.74 Å². The summed E-state index contributed by atoms with van der Waals surface area (Å²) in [6.45, 7) is 1.81. The fourth-order valence-electron chi connectivity index (χ4n) is 3.82. The van der Waals surface area contributed by atoms with Crippen LogP contribution in [-0.4, -0.2) is 21.4 Å². The second-order valence-corrected chi connectivity index (χ2v) is 8.49. The molecule has 0 amide bonds. The molecule has 1 N–H and O–H groups in total. The van der Waals surface area contributed by atoms with Crippen LogP contribution in [0.15, 0.2) is 59.1 Å². The highest BCUT2D eigenvalue weighted by Gasteiger charge is 2.33. The molecule has 0 saturated carbocycles. The van der Waals surface area contributed by atoms with Crippen molar-refractivity contribution >= 4 is 20.8 Å². The molecule has 27 heavy (non-hydrogen) atoms. The Hall–Kier alpha value is -2.60. The summed E-state index contributed by atoms with van der Waals surface area (Å²) < 4.78 is 33.3. The maximum absolute atomic E-state index is 12.7. The van der Waals surface area contributed by atoms with E-state index in [0.29, 0.717) is 22.7 Å². The number of rotatable bonds is 3. The molecule has 0 saturated heterocycles. The van der Waals surface area contributed by atoms with E-state index >= 15 is 0 Å². The highest BCUT2D eigenvalue weighted by molar-refractivity contribution is 8.00. The Bertz CT molecular complexity index is 1040. The van der Waals surface area contributed by atoms with Gasteiger partial charge in [0.15, 0.2) is 0 Å². The van der Waals surface area contributed by atoms with Gasteiger partial charge in [-0.2, -0.15) is 0 Å². The van der Waals surface area contributed by atoms with Gasteiger partial charge in [0.1, 0.15) is 16.5 Å². The summed E-state index contributed by atoms with van der Waals surface area (Å²) in [5.74, 6) is 1.13. The molecule has 1 aliphatic carbocycles. The van der Waals surface area contributed by atoms with E-state index in [2.05, 4.69) is 16.9 Å². The lowest BCUT2D eigenvalue weighted by molar-refractivity contribution is 0.415. The van der Waals surface area contributed by atoms with Gasteiger partial charge in [-0.05, 0) is 67.1 Å². The predicted molar refractivity (Wildman–Crippen MR) is 107 cm³/mol. The zero-order chi connectivity index (χ0) is 19.0. The molecular formula is C21H22N2O3S. The molecule has 1 atom stereocenters. The molecule has 2 aromatic carbocycles. The van der Waals surface area contributed by atoms with Gasteiger partial charge in [-0.15, -0.1) is 0 Å². The number of aliphatic imine (C=N–C) groups is 1. The second-order valence-electron chi connectivity index (χ2n) is 6.87. The Morgan fingerprint density at radius 2 is 1.85 bits per heavy atom. The highest BCUT2D eigenvalue weighted by Crippen LogP contribution is 2.35. The van der Waals surface area contributed by atoms with Crippen LogP contribution < -0.4 is 9.46 Å². The number of nitrogens with zero attached hydrogens (tertiary/aromatic N) is 1. The van der Waals surface area contributed by atoms with Gasteiger partial charge in [0.05, 0.1) is 13.2 Å². The van der Waals surface area contributed by atoms with Gasteiger partial charge in [-0.1, -0.05) is 24.3 Å². The molecule has 0 aromatic heterocycles. The van der Waals surface area contributed by atoms with Crippen molar-refractivity contribution in [3.63, 3.8) is 0 Å². The van der Waals surface area contributed by atoms with Crippen molar-refractivity contribution in [2.75, 3.05) is 7.11 Å². The van der Waals surface area contributed by atoms with E-state index in [4.69, 9.17) is 9.73 Å². The van der Waals surface area contributed by atoms with Crippen molar-refractivity contribution in [3.05, 3.63) is 70.8 Å². The maximum atomic E-state index is 12.7. The summed E-state index contributed by atoms with van der Waals surface area (Å²) in [6, 6.07) is 15.3. The summed E-state index contributed by atoms with van der Waals surface area (Å²) in [6.07, 6.45) is 3.03. The molecule has 0 radical (unpaired) electrons. The quantitative estimate of drug-likeness (QED) is 0.877. The van der Waals surface area contributed by atoms with E-state index in [1.807, 2.05) is 19.1 Å². The van der Waals surface area contributed by atoms with Crippen LogP contribution in [0.5, 0.6) is 5.75 Å². The van der Waals surface area contributed by atoms with Gasteiger partial charge in [0, 0.05) is 5.57 Å². The summed E-state index contributed by atoms with van der Waals surface area (Å²) in [5.41, 5.74) is 3.79. The van der Waals surface area contributed by atoms with Crippen LogP contribution in [0.4, 0.5) is 0 Å². The van der Waals surface area contributed by atoms with Gasteiger partial charge in [-0.3, -0.25) is 9.71 Å². The van der Waals surface area contributed by atoms with Gasteiger partial charge in [0.2, 0.25) is 0 Å². The average molecular weight is 382 g/mol. The van der Waals surface area contributed by atoms with Crippen molar-refractivity contribution < 1.29 is 13.2 Å². The number of sulfonamides is 1. The Labute approximate surface area is 159 Å². The van der Waals surface area contributed by atoms with E-state index < -0.39 is 10.0 Å². The molecule has 1 aliphatic heterocycles. The SMILES string of the molecule is COc1ccc(C2=C(C)C(=N[C@@H]3CCCc4ccccc43)NS2(=O)=O)cc1. The monoisotopic (exact) mass is 382 g/mol. The van der Waals surface area contributed by atoms with Crippen molar-refractivity contribution in [1.29, 1.82) is 0 Å². The molecule has 140 valence electrons. The standard InChI is InChI=1S/C21H22N2O3S/c1-14-20(16-10-12-17(26-2)13-11-16)27(24,25)23-21(14)22-19-9-5-7-15-6-3-4-8-18(15)19/h3-4,6,8,10-13,19H,5,7,9H2,1-2H3,(H,22,23)/t19-/m1/s1. The lowest BCUT2D eigenvalue weighted by Crippen LogP contribution is -2.24. The van der Waals surface area contributed by atoms with E-state index in [1.54, 1.807) is 31.4 Å². The molecule has 0 bridgehead atoms. The summed E-state index contributed by atoms with van der Waals surface area (Å²) in [4.78, 5) is 5.09. The maximum Gasteiger partial charge on any atom is 0.264 e. The van der Waals surface area contributed by atoms with Crippen LogP contribution in [0, 0.1) is 0 Å². The van der Waals surface area contributed by atoms with Crippen LogP contribution in [0.1, 0.15) is 42.5 Å². The van der Waals surface area contributed by atoms with Crippen LogP contribution in [0.25, 0.3) is 4.91 Å². The minimum atomic E-state index is -3.63. The lowest BCUT2D eigenvalue weighted by atomic mass is 9.88. The minimum Gasteiger partial charge on any atom is -0.497 e. The molecule has 5 nitrogen and oxygen atoms in total. The average Bonchev–Trinajstić information content (AvgIpc) is 2.90. The smallest absolute Gasteiger partial charge is 0.264 e. The molecule has 0 unspecified atom stereocenters. The van der Waals surface area contributed by atoms with Crippen molar-refractivity contribution in [2.24, 2.45) is 4.99 Å². The number of aryl methyl sites for hydroxylation is 1. The minimum absolute atomic E-state index is 0.0159. The Morgan fingerprint density at radius 3 is 2.59 bits per heavy atom. The highest BCUT2D eigenvalue weighted by atomic mass is 32.2. The van der Waals surface area contributed by atoms with Crippen LogP contribution in [0.3, 0.4) is 0 Å². The lowest BCUT2D eigenvalue weighted by Gasteiger charge is -2.22. The number of nitrogens with one attached hydrogen (secondary N) is 1. The number of methoxy groups -OCH3 is 1. The van der Waals surface area contributed by atoms with Crippen LogP contribution in [-0.2, 0) is 16.4 Å². The van der Waals surface area contributed by atoms with E-state index in [1.165, 1.54) is 11.1 Å². The third-order valence-corrected chi connectivity index (χ3v) is 6.71. The summed E-state index contributed by atoms with van der Waals surface area (Å²) >= 11 is 0. The topological polar surface area (TPSA) is 67.8 Å². The van der Waals surface area contributed by atoms with Gasteiger partial charge in [-0.25, -0.2) is 8.42 Å². The second kappa shape index (κ2) is 6.85. The summed E-state index contributed by atoms with van der Waals surface area (Å²) in [7, 11) is -2.04. The number of benzene rings is 2. The van der Waals surface area contributed by atoms with Crippen molar-refractivity contribution in [3.8, 4) is 5.75 Å². The summed E-state index contributed by atoms with van der Waals surface area (Å²) in [5, 5.41) is 0. The number of fused-ring (bicyclic) bond motifs is 1. The van der Waals surface area contributed by atoms with Crippen LogP contribution in [0.2, 0.25) is 0 Å². The first-order chi connectivity index (χ1) is 13.0. The molecule has 6 heteroatoms. The van der Waals surface area contributed by atoms with Crippen molar-refractivity contribution in [2.45, 2.75) is 32.2 Å². The zero-order valence-corrected chi connectivity index (χ0v) is 16.2.